The summed E-state index contributed by atoms with van der Waals surface area (Å²) in [6.45, 7) is 5.52. The lowest BCUT2D eigenvalue weighted by Crippen LogP contribution is -2.51. The summed E-state index contributed by atoms with van der Waals surface area (Å²) < 4.78 is 0. The highest BCUT2D eigenvalue weighted by Gasteiger charge is 2.29. The number of likely N-dealkylation sites (tertiary alicyclic amines) is 1. The van der Waals surface area contributed by atoms with Crippen LogP contribution in [-0.2, 0) is 11.3 Å². The normalized spacial score (nSPS) is 18.9. The van der Waals surface area contributed by atoms with Crippen LogP contribution in [0, 0.1) is 0 Å². The number of nitrogens with zero attached hydrogens (tertiary/aromatic N) is 2. The second-order valence-corrected chi connectivity index (χ2v) is 6.95. The van der Waals surface area contributed by atoms with Crippen molar-refractivity contribution in [2.24, 2.45) is 0 Å². The molecule has 1 fully saturated rings. The molecule has 0 spiro atoms. The lowest BCUT2D eigenvalue weighted by molar-refractivity contribution is -0.132. The predicted molar refractivity (Wildman–Crippen MR) is 83.9 cm³/mol. The van der Waals surface area contributed by atoms with Crippen LogP contribution in [0.15, 0.2) is 17.5 Å². The van der Waals surface area contributed by atoms with Gasteiger partial charge in [-0.2, -0.15) is 0 Å². The summed E-state index contributed by atoms with van der Waals surface area (Å²) in [5.41, 5.74) is 0.239. The van der Waals surface area contributed by atoms with Gasteiger partial charge in [0.2, 0.25) is 5.91 Å². The number of hydrogen-bond acceptors (Lipinski definition) is 4. The molecule has 20 heavy (non-hydrogen) atoms. The van der Waals surface area contributed by atoms with Crippen molar-refractivity contribution >= 4 is 17.2 Å². The van der Waals surface area contributed by atoms with E-state index in [1.54, 1.807) is 11.3 Å². The van der Waals surface area contributed by atoms with E-state index >= 15 is 0 Å². The Bertz CT molecular complexity index is 424. The molecule has 0 aromatic carbocycles. The average molecular weight is 295 g/mol. The Labute approximate surface area is 125 Å². The summed E-state index contributed by atoms with van der Waals surface area (Å²) in [5, 5.41) is 5.44. The second kappa shape index (κ2) is 6.70. The smallest absolute Gasteiger partial charge is 0.236 e. The Balaban J connectivity index is 1.77. The number of carbonyl (C=O) groups is 1. The zero-order chi connectivity index (χ0) is 14.6. The number of likely N-dealkylation sites (N-methyl/N-ethyl adjacent to an activating group) is 1. The van der Waals surface area contributed by atoms with Gasteiger partial charge in [-0.1, -0.05) is 6.07 Å². The van der Waals surface area contributed by atoms with Crippen LogP contribution in [0.3, 0.4) is 0 Å². The van der Waals surface area contributed by atoms with Crippen LogP contribution in [-0.4, -0.2) is 55.0 Å². The van der Waals surface area contributed by atoms with Crippen LogP contribution >= 0.6 is 11.3 Å². The molecule has 0 aliphatic carbocycles. The first-order chi connectivity index (χ1) is 9.52. The third-order valence-electron chi connectivity index (χ3n) is 4.32. The van der Waals surface area contributed by atoms with E-state index in [9.17, 15) is 4.79 Å². The molecule has 1 amide bonds. The topological polar surface area (TPSA) is 35.6 Å². The van der Waals surface area contributed by atoms with Gasteiger partial charge in [-0.05, 0) is 38.3 Å². The monoisotopic (exact) mass is 295 g/mol. The van der Waals surface area contributed by atoms with Crippen LogP contribution in [0.2, 0.25) is 0 Å². The van der Waals surface area contributed by atoms with Gasteiger partial charge in [0.1, 0.15) is 0 Å². The van der Waals surface area contributed by atoms with Crippen molar-refractivity contribution in [2.75, 3.05) is 33.7 Å². The summed E-state index contributed by atoms with van der Waals surface area (Å²) in [6.07, 6.45) is 2.21. The number of carbonyl (C=O) groups excluding carboxylic acids is 1. The summed E-state index contributed by atoms with van der Waals surface area (Å²) >= 11 is 1.70. The molecule has 0 bridgehead atoms. The minimum Gasteiger partial charge on any atom is -0.340 e. The number of piperidine rings is 1. The van der Waals surface area contributed by atoms with Gasteiger partial charge in [0.15, 0.2) is 0 Å². The third kappa shape index (κ3) is 4.04. The fourth-order valence-electron chi connectivity index (χ4n) is 2.49. The lowest BCUT2D eigenvalue weighted by atomic mass is 9.90. The van der Waals surface area contributed by atoms with E-state index in [-0.39, 0.29) is 11.4 Å². The molecule has 2 heterocycles. The van der Waals surface area contributed by atoms with Crippen molar-refractivity contribution in [1.82, 2.24) is 15.1 Å². The molecule has 2 rings (SSSR count). The summed E-state index contributed by atoms with van der Waals surface area (Å²) in [6, 6.07) is 4.11. The summed E-state index contributed by atoms with van der Waals surface area (Å²) in [4.78, 5) is 17.6. The highest BCUT2D eigenvalue weighted by atomic mass is 32.1. The number of nitrogens with one attached hydrogen (secondary N) is 1. The van der Waals surface area contributed by atoms with Crippen molar-refractivity contribution < 1.29 is 4.79 Å². The van der Waals surface area contributed by atoms with Gasteiger partial charge < -0.3 is 10.2 Å². The van der Waals surface area contributed by atoms with Crippen molar-refractivity contribution in [3.63, 3.8) is 0 Å². The molecular weight excluding hydrogens is 270 g/mol. The molecule has 0 saturated carbocycles. The minimum atomic E-state index is 0.214. The van der Waals surface area contributed by atoms with E-state index in [0.717, 1.165) is 32.5 Å². The van der Waals surface area contributed by atoms with Gasteiger partial charge in [-0.3, -0.25) is 9.69 Å². The van der Waals surface area contributed by atoms with E-state index in [1.807, 2.05) is 25.1 Å². The maximum Gasteiger partial charge on any atom is 0.236 e. The quantitative estimate of drug-likeness (QED) is 0.899. The number of rotatable bonds is 5. The van der Waals surface area contributed by atoms with E-state index in [4.69, 9.17) is 0 Å². The molecule has 0 atom stereocenters. The van der Waals surface area contributed by atoms with Crippen molar-refractivity contribution in [3.8, 4) is 0 Å². The Kier molecular flexibility index (Phi) is 5.18. The standard InChI is InChI=1S/C15H25N3OS/c1-15(16-2)6-8-18(9-7-15)12-14(19)17(3)11-13-5-4-10-20-13/h4-5,10,16H,6-9,11-12H2,1-3H3. The average Bonchev–Trinajstić information content (AvgIpc) is 2.94. The fraction of sp³-hybridized carbons (Fsp3) is 0.667. The van der Waals surface area contributed by atoms with E-state index < -0.39 is 0 Å². The maximum atomic E-state index is 12.2. The molecule has 4 nitrogen and oxygen atoms in total. The van der Waals surface area contributed by atoms with Crippen LogP contribution < -0.4 is 5.32 Å². The zero-order valence-corrected chi connectivity index (χ0v) is 13.5. The number of hydrogen-bond donors (Lipinski definition) is 1. The number of amides is 1. The molecule has 1 saturated heterocycles. The Morgan fingerprint density at radius 2 is 2.20 bits per heavy atom. The molecule has 1 aliphatic heterocycles. The van der Waals surface area contributed by atoms with Gasteiger partial charge in [-0.15, -0.1) is 11.3 Å². The number of thiophene rings is 1. The molecule has 1 N–H and O–H groups in total. The van der Waals surface area contributed by atoms with E-state index in [2.05, 4.69) is 28.6 Å². The first-order valence-corrected chi connectivity index (χ1v) is 8.08. The Morgan fingerprint density at radius 3 is 2.75 bits per heavy atom. The van der Waals surface area contributed by atoms with E-state index in [1.165, 1.54) is 4.88 Å². The lowest BCUT2D eigenvalue weighted by Gasteiger charge is -2.39. The van der Waals surface area contributed by atoms with E-state index in [0.29, 0.717) is 6.54 Å². The highest BCUT2D eigenvalue weighted by molar-refractivity contribution is 7.09. The first-order valence-electron chi connectivity index (χ1n) is 7.20. The van der Waals surface area contributed by atoms with Gasteiger partial charge in [0.05, 0.1) is 13.1 Å². The zero-order valence-electron chi connectivity index (χ0n) is 12.7. The second-order valence-electron chi connectivity index (χ2n) is 5.92. The predicted octanol–water partition coefficient (Wildman–Crippen LogP) is 1.78. The van der Waals surface area contributed by atoms with Gasteiger partial charge in [0.25, 0.3) is 0 Å². The molecule has 5 heteroatoms. The molecule has 112 valence electrons. The van der Waals surface area contributed by atoms with Crippen molar-refractivity contribution in [1.29, 1.82) is 0 Å². The molecule has 1 aliphatic rings. The molecule has 0 radical (unpaired) electrons. The Hall–Kier alpha value is -0.910. The van der Waals surface area contributed by atoms with Crippen molar-refractivity contribution in [3.05, 3.63) is 22.4 Å². The van der Waals surface area contributed by atoms with Gasteiger partial charge >= 0.3 is 0 Å². The first kappa shape index (κ1) is 15.5. The van der Waals surface area contributed by atoms with Crippen LogP contribution in [0.4, 0.5) is 0 Å². The Morgan fingerprint density at radius 1 is 1.50 bits per heavy atom. The molecular formula is C15H25N3OS. The van der Waals surface area contributed by atoms with Gasteiger partial charge in [-0.25, -0.2) is 0 Å². The fourth-order valence-corrected chi connectivity index (χ4v) is 3.25. The SMILES string of the molecule is CNC1(C)CCN(CC(=O)N(C)Cc2cccs2)CC1. The van der Waals surface area contributed by atoms with Crippen LogP contribution in [0.25, 0.3) is 0 Å². The highest BCUT2D eigenvalue weighted by Crippen LogP contribution is 2.21. The minimum absolute atomic E-state index is 0.214. The molecule has 0 unspecified atom stereocenters. The van der Waals surface area contributed by atoms with Crippen molar-refractivity contribution in [2.45, 2.75) is 31.8 Å². The molecule has 1 aromatic heterocycles. The van der Waals surface area contributed by atoms with Crippen LogP contribution in [0.5, 0.6) is 0 Å². The summed E-state index contributed by atoms with van der Waals surface area (Å²) in [5.74, 6) is 0.214. The maximum absolute atomic E-state index is 12.2. The summed E-state index contributed by atoms with van der Waals surface area (Å²) in [7, 11) is 3.92. The largest absolute Gasteiger partial charge is 0.340 e. The molecule has 1 aromatic rings. The van der Waals surface area contributed by atoms with Crippen LogP contribution in [0.1, 0.15) is 24.6 Å². The van der Waals surface area contributed by atoms with Gasteiger partial charge in [0, 0.05) is 30.6 Å². The third-order valence-corrected chi connectivity index (χ3v) is 5.18.